The molecule has 1 unspecified atom stereocenters. The first-order valence-corrected chi connectivity index (χ1v) is 5.29. The predicted octanol–water partition coefficient (Wildman–Crippen LogP) is 0.412. The van der Waals surface area contributed by atoms with Crippen LogP contribution in [0.2, 0.25) is 10.0 Å². The van der Waals surface area contributed by atoms with Gasteiger partial charge in [-0.3, -0.25) is 9.59 Å². The number of carbonyl (C=O) groups is 2. The van der Waals surface area contributed by atoms with Gasteiger partial charge in [0, 0.05) is 12.6 Å². The summed E-state index contributed by atoms with van der Waals surface area (Å²) in [5.41, 5.74) is 2.53. The van der Waals surface area contributed by atoms with E-state index in [9.17, 15) is 14.7 Å². The van der Waals surface area contributed by atoms with Crippen LogP contribution in [-0.2, 0) is 15.2 Å². The Morgan fingerprint density at radius 2 is 1.94 bits per heavy atom. The van der Waals surface area contributed by atoms with Gasteiger partial charge >= 0.3 is 0 Å². The summed E-state index contributed by atoms with van der Waals surface area (Å²) < 4.78 is 0. The summed E-state index contributed by atoms with van der Waals surface area (Å²) in [6.07, 6.45) is 0. The van der Waals surface area contributed by atoms with E-state index in [1.54, 1.807) is 0 Å². The van der Waals surface area contributed by atoms with Crippen molar-refractivity contribution in [3.63, 3.8) is 0 Å². The van der Waals surface area contributed by atoms with E-state index in [2.05, 4.69) is 5.32 Å². The molecule has 1 aromatic rings. The minimum absolute atomic E-state index is 0.0428. The minimum atomic E-state index is -2.47. The van der Waals surface area contributed by atoms with Crippen LogP contribution in [0, 0.1) is 0 Å². The van der Waals surface area contributed by atoms with Gasteiger partial charge in [0.25, 0.3) is 11.8 Å². The highest BCUT2D eigenvalue weighted by Gasteiger charge is 2.44. The van der Waals surface area contributed by atoms with Gasteiger partial charge in [-0.25, -0.2) is 0 Å². The smallest absolute Gasteiger partial charge is 0.266 e. The van der Waals surface area contributed by atoms with Crippen LogP contribution in [0.5, 0.6) is 0 Å². The average molecular weight is 277 g/mol. The molecule has 7 heteroatoms. The van der Waals surface area contributed by atoms with Gasteiger partial charge in [-0.1, -0.05) is 29.3 Å². The van der Waals surface area contributed by atoms with Crippen LogP contribution in [0.1, 0.15) is 5.56 Å². The molecule has 0 radical (unpaired) electrons. The van der Waals surface area contributed by atoms with E-state index in [1.807, 2.05) is 0 Å². The van der Waals surface area contributed by atoms with Gasteiger partial charge in [0.2, 0.25) is 5.60 Å². The molecule has 92 valence electrons. The number of benzene rings is 1. The molecule has 0 bridgehead atoms. The number of hydrogen-bond acceptors (Lipinski definition) is 3. The highest BCUT2D eigenvalue weighted by Crippen LogP contribution is 2.28. The zero-order valence-corrected chi connectivity index (χ0v) is 10.3. The van der Waals surface area contributed by atoms with Crippen molar-refractivity contribution < 1.29 is 14.7 Å². The largest absolute Gasteiger partial charge is 0.368 e. The Morgan fingerprint density at radius 3 is 2.35 bits per heavy atom. The van der Waals surface area contributed by atoms with Gasteiger partial charge in [-0.2, -0.15) is 0 Å². The first-order valence-electron chi connectivity index (χ1n) is 4.54. The maximum atomic E-state index is 11.5. The molecule has 0 saturated heterocycles. The molecule has 0 aliphatic rings. The SMILES string of the molecule is CNC(=O)C(O)(C(N)=O)c1ccc(Cl)c(Cl)c1. The molecule has 0 saturated carbocycles. The highest BCUT2D eigenvalue weighted by atomic mass is 35.5. The molecule has 0 spiro atoms. The molecule has 1 rings (SSSR count). The molecule has 0 heterocycles. The van der Waals surface area contributed by atoms with E-state index < -0.39 is 17.4 Å². The Morgan fingerprint density at radius 1 is 1.35 bits per heavy atom. The summed E-state index contributed by atoms with van der Waals surface area (Å²) in [5, 5.41) is 12.5. The fraction of sp³-hybridized carbons (Fsp3) is 0.200. The monoisotopic (exact) mass is 276 g/mol. The third-order valence-electron chi connectivity index (χ3n) is 2.25. The number of nitrogens with one attached hydrogen (secondary N) is 1. The van der Waals surface area contributed by atoms with Gasteiger partial charge in [-0.15, -0.1) is 0 Å². The van der Waals surface area contributed by atoms with E-state index >= 15 is 0 Å². The number of carbonyl (C=O) groups excluding carboxylic acids is 2. The summed E-state index contributed by atoms with van der Waals surface area (Å²) in [4.78, 5) is 22.8. The van der Waals surface area contributed by atoms with Gasteiger partial charge < -0.3 is 16.2 Å². The van der Waals surface area contributed by atoms with Crippen molar-refractivity contribution in [1.29, 1.82) is 0 Å². The highest BCUT2D eigenvalue weighted by molar-refractivity contribution is 6.42. The van der Waals surface area contributed by atoms with Gasteiger partial charge in [0.05, 0.1) is 10.0 Å². The van der Waals surface area contributed by atoms with Crippen molar-refractivity contribution >= 4 is 35.0 Å². The number of likely N-dealkylation sites (N-methyl/N-ethyl adjacent to an activating group) is 1. The van der Waals surface area contributed by atoms with Crippen LogP contribution in [0.4, 0.5) is 0 Å². The van der Waals surface area contributed by atoms with Crippen LogP contribution < -0.4 is 11.1 Å². The molecular formula is C10H10Cl2N2O3. The lowest BCUT2D eigenvalue weighted by molar-refractivity contribution is -0.152. The summed E-state index contributed by atoms with van der Waals surface area (Å²) in [6, 6.07) is 3.87. The first-order chi connectivity index (χ1) is 7.83. The molecule has 4 N–H and O–H groups in total. The lowest BCUT2D eigenvalue weighted by Crippen LogP contribution is -2.52. The summed E-state index contributed by atoms with van der Waals surface area (Å²) in [6.45, 7) is 0. The van der Waals surface area contributed by atoms with Gasteiger partial charge in [0.1, 0.15) is 0 Å². The average Bonchev–Trinajstić information content (AvgIpc) is 2.30. The zero-order chi connectivity index (χ0) is 13.2. The number of aliphatic hydroxyl groups is 1. The molecular weight excluding hydrogens is 267 g/mol. The van der Waals surface area contributed by atoms with Crippen LogP contribution in [-0.4, -0.2) is 24.0 Å². The molecule has 2 amide bonds. The molecule has 17 heavy (non-hydrogen) atoms. The van der Waals surface area contributed by atoms with Crippen LogP contribution in [0.25, 0.3) is 0 Å². The Hall–Kier alpha value is -1.30. The zero-order valence-electron chi connectivity index (χ0n) is 8.83. The van der Waals surface area contributed by atoms with E-state index in [0.29, 0.717) is 0 Å². The maximum Gasteiger partial charge on any atom is 0.266 e. The van der Waals surface area contributed by atoms with Gasteiger partial charge in [0.15, 0.2) is 0 Å². The molecule has 1 atom stereocenters. The van der Waals surface area contributed by atoms with E-state index in [4.69, 9.17) is 28.9 Å². The number of nitrogens with two attached hydrogens (primary N) is 1. The third kappa shape index (κ3) is 2.36. The molecule has 0 aliphatic carbocycles. The number of amides is 2. The van der Waals surface area contributed by atoms with E-state index in [1.165, 1.54) is 25.2 Å². The Kier molecular flexibility index (Phi) is 3.98. The molecule has 0 fully saturated rings. The van der Waals surface area contributed by atoms with Gasteiger partial charge in [-0.05, 0) is 12.1 Å². The van der Waals surface area contributed by atoms with Crippen molar-refractivity contribution in [2.75, 3.05) is 7.05 Å². The Labute approximate surface area is 108 Å². The summed E-state index contributed by atoms with van der Waals surface area (Å²) in [5.74, 6) is -2.14. The molecule has 0 aliphatic heterocycles. The standard InChI is InChI=1S/C10H10Cl2N2O3/c1-14-9(16)10(17,8(13)15)5-2-3-6(11)7(12)4-5/h2-4,17H,1H3,(H2,13,15)(H,14,16). The second-order valence-electron chi connectivity index (χ2n) is 3.28. The lowest BCUT2D eigenvalue weighted by Gasteiger charge is -2.23. The first kappa shape index (κ1) is 13.8. The normalized spacial score (nSPS) is 13.9. The summed E-state index contributed by atoms with van der Waals surface area (Å²) >= 11 is 11.4. The van der Waals surface area contributed by atoms with Crippen molar-refractivity contribution in [3.05, 3.63) is 33.8 Å². The number of primary amides is 1. The number of hydrogen-bond donors (Lipinski definition) is 3. The Bertz CT molecular complexity index is 479. The fourth-order valence-corrected chi connectivity index (χ4v) is 1.59. The second kappa shape index (κ2) is 4.91. The van der Waals surface area contributed by atoms with Crippen LogP contribution >= 0.6 is 23.2 Å². The maximum absolute atomic E-state index is 11.5. The van der Waals surface area contributed by atoms with Crippen LogP contribution in [0.3, 0.4) is 0 Å². The minimum Gasteiger partial charge on any atom is -0.368 e. The molecule has 1 aromatic carbocycles. The quantitative estimate of drug-likeness (QED) is 0.699. The topological polar surface area (TPSA) is 92.4 Å². The van der Waals surface area contributed by atoms with Crippen molar-refractivity contribution in [1.82, 2.24) is 5.32 Å². The number of rotatable bonds is 3. The van der Waals surface area contributed by atoms with Crippen LogP contribution in [0.15, 0.2) is 18.2 Å². The van der Waals surface area contributed by atoms with E-state index in [-0.39, 0.29) is 15.6 Å². The lowest BCUT2D eigenvalue weighted by atomic mass is 9.92. The Balaban J connectivity index is 3.38. The fourth-order valence-electron chi connectivity index (χ4n) is 1.29. The number of halogens is 2. The van der Waals surface area contributed by atoms with Crippen molar-refractivity contribution in [2.24, 2.45) is 5.73 Å². The summed E-state index contributed by atoms with van der Waals surface area (Å²) in [7, 11) is 1.27. The molecule has 0 aromatic heterocycles. The molecule has 5 nitrogen and oxygen atoms in total. The van der Waals surface area contributed by atoms with Crippen molar-refractivity contribution in [2.45, 2.75) is 5.60 Å². The third-order valence-corrected chi connectivity index (χ3v) is 2.99. The van der Waals surface area contributed by atoms with Crippen molar-refractivity contribution in [3.8, 4) is 0 Å². The van der Waals surface area contributed by atoms with E-state index in [0.717, 1.165) is 0 Å². The second-order valence-corrected chi connectivity index (χ2v) is 4.10. The predicted molar refractivity (Wildman–Crippen MR) is 63.6 cm³/mol.